The number of likely N-dealkylation sites (N-methyl/N-ethyl adjacent to an activating group) is 1. The molecule has 3 N–H and O–H groups in total. The highest BCUT2D eigenvalue weighted by Crippen LogP contribution is 2.11. The van der Waals surface area contributed by atoms with E-state index in [0.29, 0.717) is 25.4 Å². The molecule has 0 bridgehead atoms. The van der Waals surface area contributed by atoms with Crippen LogP contribution in [0.15, 0.2) is 24.3 Å². The average molecular weight is 295 g/mol. The number of hydrogen-bond donors (Lipinski definition) is 2. The predicted molar refractivity (Wildman–Crippen MR) is 82.2 cm³/mol. The van der Waals surface area contributed by atoms with Crippen LogP contribution in [0, 0.1) is 0 Å². The molecule has 6 nitrogen and oxygen atoms in total. The number of carbonyl (C=O) groups is 1. The van der Waals surface area contributed by atoms with Crippen molar-refractivity contribution < 1.29 is 14.3 Å². The molecule has 1 rings (SSSR count). The maximum atomic E-state index is 11.6. The van der Waals surface area contributed by atoms with E-state index in [1.165, 1.54) is 0 Å². The van der Waals surface area contributed by atoms with Crippen LogP contribution in [0.5, 0.6) is 5.75 Å². The molecule has 0 heterocycles. The molecule has 0 atom stereocenters. The molecule has 6 heteroatoms. The molecular formula is C15H25N3O3. The molecule has 0 fully saturated rings. The molecule has 0 aliphatic heterocycles. The van der Waals surface area contributed by atoms with Crippen molar-refractivity contribution in [3.05, 3.63) is 29.8 Å². The molecule has 0 radical (unpaired) electrons. The van der Waals surface area contributed by atoms with Gasteiger partial charge in [-0.25, -0.2) is 0 Å². The summed E-state index contributed by atoms with van der Waals surface area (Å²) in [6.45, 7) is 3.42. The Balaban J connectivity index is 2.15. The summed E-state index contributed by atoms with van der Waals surface area (Å²) in [5.74, 6) is 0.539. The van der Waals surface area contributed by atoms with E-state index < -0.39 is 0 Å². The lowest BCUT2D eigenvalue weighted by molar-refractivity contribution is -0.123. The Morgan fingerprint density at radius 2 is 2.00 bits per heavy atom. The van der Waals surface area contributed by atoms with E-state index in [0.717, 1.165) is 18.7 Å². The van der Waals surface area contributed by atoms with Crippen LogP contribution < -0.4 is 15.8 Å². The fraction of sp³-hybridized carbons (Fsp3) is 0.533. The van der Waals surface area contributed by atoms with Crippen LogP contribution in [-0.4, -0.2) is 57.8 Å². The summed E-state index contributed by atoms with van der Waals surface area (Å²) in [6, 6.07) is 7.40. The molecule has 0 saturated heterocycles. The van der Waals surface area contributed by atoms with E-state index in [1.807, 2.05) is 31.3 Å². The van der Waals surface area contributed by atoms with Gasteiger partial charge in [0.2, 0.25) is 0 Å². The number of nitrogens with zero attached hydrogens (tertiary/aromatic N) is 1. The third-order valence-corrected chi connectivity index (χ3v) is 3.02. The largest absolute Gasteiger partial charge is 0.484 e. The van der Waals surface area contributed by atoms with Gasteiger partial charge in [0.25, 0.3) is 5.91 Å². The highest BCUT2D eigenvalue weighted by Gasteiger charge is 2.03. The van der Waals surface area contributed by atoms with Crippen molar-refractivity contribution in [3.8, 4) is 5.75 Å². The minimum Gasteiger partial charge on any atom is -0.484 e. The molecule has 21 heavy (non-hydrogen) atoms. The average Bonchev–Trinajstić information content (AvgIpc) is 2.51. The Bertz CT molecular complexity index is 409. The van der Waals surface area contributed by atoms with Gasteiger partial charge in [-0.15, -0.1) is 0 Å². The first-order valence-electron chi connectivity index (χ1n) is 7.01. The van der Waals surface area contributed by atoms with Crippen molar-refractivity contribution in [2.45, 2.75) is 6.54 Å². The van der Waals surface area contributed by atoms with E-state index in [4.69, 9.17) is 15.2 Å². The Morgan fingerprint density at radius 3 is 2.62 bits per heavy atom. The highest BCUT2D eigenvalue weighted by molar-refractivity contribution is 5.77. The van der Waals surface area contributed by atoms with Crippen molar-refractivity contribution in [2.24, 2.45) is 5.73 Å². The van der Waals surface area contributed by atoms with Crippen LogP contribution in [0.4, 0.5) is 0 Å². The zero-order chi connectivity index (χ0) is 15.5. The smallest absolute Gasteiger partial charge is 0.257 e. The standard InChI is InChI=1S/C15H25N3O3/c1-18(9-10-20-2)8-7-17-15(19)12-21-14-5-3-13(11-16)4-6-14/h3-6H,7-12,16H2,1-2H3,(H,17,19). The number of benzene rings is 1. The number of nitrogens with two attached hydrogens (primary N) is 1. The van der Waals surface area contributed by atoms with Crippen molar-refractivity contribution in [1.29, 1.82) is 0 Å². The number of nitrogens with one attached hydrogen (secondary N) is 1. The van der Waals surface area contributed by atoms with E-state index in [9.17, 15) is 4.79 Å². The van der Waals surface area contributed by atoms with Crippen LogP contribution >= 0.6 is 0 Å². The van der Waals surface area contributed by atoms with Gasteiger partial charge in [0, 0.05) is 33.3 Å². The second kappa shape index (κ2) is 10.1. The van der Waals surface area contributed by atoms with Crippen LogP contribution in [0.1, 0.15) is 5.56 Å². The summed E-state index contributed by atoms with van der Waals surface area (Å²) in [6.07, 6.45) is 0. The molecule has 0 aliphatic carbocycles. The molecule has 0 spiro atoms. The summed E-state index contributed by atoms with van der Waals surface area (Å²) in [7, 11) is 3.66. The molecule has 0 unspecified atom stereocenters. The Hall–Kier alpha value is -1.63. The van der Waals surface area contributed by atoms with E-state index >= 15 is 0 Å². The maximum absolute atomic E-state index is 11.6. The molecule has 1 amide bonds. The Labute approximate surface area is 126 Å². The molecule has 0 aromatic heterocycles. The summed E-state index contributed by atoms with van der Waals surface area (Å²) >= 11 is 0. The second-order valence-electron chi connectivity index (χ2n) is 4.78. The van der Waals surface area contributed by atoms with Crippen LogP contribution in [-0.2, 0) is 16.1 Å². The quantitative estimate of drug-likeness (QED) is 0.646. The van der Waals surface area contributed by atoms with E-state index in [-0.39, 0.29) is 12.5 Å². The zero-order valence-electron chi connectivity index (χ0n) is 12.8. The summed E-state index contributed by atoms with van der Waals surface area (Å²) in [5.41, 5.74) is 6.55. The number of amides is 1. The normalized spacial score (nSPS) is 10.7. The first kappa shape index (κ1) is 17.4. The molecule has 0 saturated carbocycles. The lowest BCUT2D eigenvalue weighted by atomic mass is 10.2. The van der Waals surface area contributed by atoms with Gasteiger partial charge in [0.1, 0.15) is 5.75 Å². The molecule has 1 aromatic rings. The molecule has 118 valence electrons. The SMILES string of the molecule is COCCN(C)CCNC(=O)COc1ccc(CN)cc1. The third kappa shape index (κ3) is 7.65. The summed E-state index contributed by atoms with van der Waals surface area (Å²) < 4.78 is 10.4. The van der Waals surface area contributed by atoms with Crippen molar-refractivity contribution in [1.82, 2.24) is 10.2 Å². The number of ether oxygens (including phenoxy) is 2. The van der Waals surface area contributed by atoms with E-state index in [2.05, 4.69) is 10.2 Å². The maximum Gasteiger partial charge on any atom is 0.257 e. The first-order valence-corrected chi connectivity index (χ1v) is 7.01. The van der Waals surface area contributed by atoms with Gasteiger partial charge >= 0.3 is 0 Å². The Morgan fingerprint density at radius 1 is 1.29 bits per heavy atom. The number of carbonyl (C=O) groups excluding carboxylic acids is 1. The fourth-order valence-electron chi connectivity index (χ4n) is 1.67. The van der Waals surface area contributed by atoms with E-state index in [1.54, 1.807) is 7.11 Å². The molecular weight excluding hydrogens is 270 g/mol. The zero-order valence-corrected chi connectivity index (χ0v) is 12.8. The van der Waals surface area contributed by atoms with Gasteiger partial charge in [0.05, 0.1) is 6.61 Å². The van der Waals surface area contributed by atoms with Gasteiger partial charge in [-0.3, -0.25) is 4.79 Å². The molecule has 0 aliphatic rings. The van der Waals surface area contributed by atoms with Crippen LogP contribution in [0.3, 0.4) is 0 Å². The van der Waals surface area contributed by atoms with Gasteiger partial charge in [-0.1, -0.05) is 12.1 Å². The third-order valence-electron chi connectivity index (χ3n) is 3.02. The second-order valence-corrected chi connectivity index (χ2v) is 4.78. The van der Waals surface area contributed by atoms with Gasteiger partial charge in [0.15, 0.2) is 6.61 Å². The molecule has 1 aromatic carbocycles. The van der Waals surface area contributed by atoms with Gasteiger partial charge in [-0.2, -0.15) is 0 Å². The summed E-state index contributed by atoms with van der Waals surface area (Å²) in [5, 5.41) is 2.82. The summed E-state index contributed by atoms with van der Waals surface area (Å²) in [4.78, 5) is 13.7. The lowest BCUT2D eigenvalue weighted by Gasteiger charge is -2.16. The van der Waals surface area contributed by atoms with Crippen LogP contribution in [0.2, 0.25) is 0 Å². The predicted octanol–water partition coefficient (Wildman–Crippen LogP) is 0.219. The number of methoxy groups -OCH3 is 1. The van der Waals surface area contributed by atoms with Crippen molar-refractivity contribution in [2.75, 3.05) is 47.0 Å². The van der Waals surface area contributed by atoms with Gasteiger partial charge < -0.3 is 25.4 Å². The van der Waals surface area contributed by atoms with Gasteiger partial charge in [-0.05, 0) is 24.7 Å². The van der Waals surface area contributed by atoms with Crippen molar-refractivity contribution >= 4 is 5.91 Å². The van der Waals surface area contributed by atoms with Crippen molar-refractivity contribution in [3.63, 3.8) is 0 Å². The van der Waals surface area contributed by atoms with Crippen LogP contribution in [0.25, 0.3) is 0 Å². The lowest BCUT2D eigenvalue weighted by Crippen LogP contribution is -2.36. The monoisotopic (exact) mass is 295 g/mol. The number of rotatable bonds is 10. The highest BCUT2D eigenvalue weighted by atomic mass is 16.5. The number of hydrogen-bond acceptors (Lipinski definition) is 5. The topological polar surface area (TPSA) is 76.8 Å². The minimum atomic E-state index is -0.127. The first-order chi connectivity index (χ1) is 10.2. The fourth-order valence-corrected chi connectivity index (χ4v) is 1.67. The Kier molecular flexibility index (Phi) is 8.42. The minimum absolute atomic E-state index is 0.0176.